The van der Waals surface area contributed by atoms with Crippen LogP contribution in [0.3, 0.4) is 0 Å². The van der Waals surface area contributed by atoms with E-state index in [0.29, 0.717) is 30.4 Å². The van der Waals surface area contributed by atoms with Gasteiger partial charge in [0.15, 0.2) is 0 Å². The summed E-state index contributed by atoms with van der Waals surface area (Å²) in [7, 11) is 0. The van der Waals surface area contributed by atoms with Gasteiger partial charge in [-0.05, 0) is 93.1 Å². The van der Waals surface area contributed by atoms with Crippen LogP contribution in [0.5, 0.6) is 0 Å². The number of rotatable bonds is 11. The molecular weight excluding hydrogens is 565 g/mol. The van der Waals surface area contributed by atoms with Crippen molar-refractivity contribution in [3.63, 3.8) is 0 Å². The molecule has 3 aromatic rings. The van der Waals surface area contributed by atoms with E-state index in [1.807, 2.05) is 43.5 Å². The fourth-order valence-electron chi connectivity index (χ4n) is 8.50. The number of hydrogen-bond donors (Lipinski definition) is 0. The number of halogens is 1. The predicted molar refractivity (Wildman–Crippen MR) is 173 cm³/mol. The summed E-state index contributed by atoms with van der Waals surface area (Å²) in [5, 5.41) is 9.11. The molecule has 1 aromatic heterocycles. The summed E-state index contributed by atoms with van der Waals surface area (Å²) < 4.78 is 23.5. The van der Waals surface area contributed by atoms with Crippen LogP contribution in [0, 0.1) is 34.9 Å². The molecular formula is C37H46FN5O2. The van der Waals surface area contributed by atoms with E-state index >= 15 is 4.39 Å². The molecule has 6 rings (SSSR count). The zero-order chi connectivity index (χ0) is 31.4. The van der Waals surface area contributed by atoms with Gasteiger partial charge in [0.25, 0.3) is 0 Å². The number of anilines is 1. The van der Waals surface area contributed by atoms with Crippen molar-refractivity contribution < 1.29 is 13.9 Å². The Morgan fingerprint density at radius 2 is 1.87 bits per heavy atom. The van der Waals surface area contributed by atoms with Gasteiger partial charge in [-0.3, -0.25) is 4.79 Å². The molecule has 7 nitrogen and oxygen atoms in total. The van der Waals surface area contributed by atoms with Crippen molar-refractivity contribution >= 4 is 11.7 Å². The molecule has 3 fully saturated rings. The van der Waals surface area contributed by atoms with Gasteiger partial charge in [0.1, 0.15) is 17.7 Å². The average molecular weight is 612 g/mol. The van der Waals surface area contributed by atoms with E-state index in [4.69, 9.17) is 10.00 Å². The Bertz CT molecular complexity index is 1480. The highest BCUT2D eigenvalue weighted by atomic mass is 19.1. The maximum absolute atomic E-state index is 15.0. The largest absolute Gasteiger partial charge is 0.462 e. The van der Waals surface area contributed by atoms with Crippen molar-refractivity contribution in [2.45, 2.75) is 76.9 Å². The van der Waals surface area contributed by atoms with Crippen LogP contribution in [0.2, 0.25) is 0 Å². The van der Waals surface area contributed by atoms with Crippen LogP contribution in [0.15, 0.2) is 60.9 Å². The van der Waals surface area contributed by atoms with E-state index in [9.17, 15) is 4.79 Å². The lowest BCUT2D eigenvalue weighted by Crippen LogP contribution is -2.55. The zero-order valence-corrected chi connectivity index (χ0v) is 26.7. The SMILES string of the molecule is CCC(=O)O[C@H]1CCC[C@@H]1[C@](Cn1ccnc1CC)(c1cccc(F)c1)C1CCN(CC2CN(c3ccc(C#N)cc3)C2)CC1. The summed E-state index contributed by atoms with van der Waals surface area (Å²) in [5.74, 6) is 1.70. The number of esters is 1. The lowest BCUT2D eigenvalue weighted by Gasteiger charge is -2.51. The molecule has 1 saturated carbocycles. The number of likely N-dealkylation sites (tertiary alicyclic amines) is 1. The molecule has 2 aromatic carbocycles. The van der Waals surface area contributed by atoms with Crippen molar-refractivity contribution in [1.29, 1.82) is 5.26 Å². The number of hydrogen-bond acceptors (Lipinski definition) is 6. The minimum atomic E-state index is -0.392. The highest BCUT2D eigenvalue weighted by Crippen LogP contribution is 2.52. The van der Waals surface area contributed by atoms with E-state index in [1.165, 1.54) is 11.8 Å². The minimum Gasteiger partial charge on any atom is -0.462 e. The molecule has 8 heteroatoms. The lowest BCUT2D eigenvalue weighted by atomic mass is 9.58. The molecule has 0 amide bonds. The predicted octanol–water partition coefficient (Wildman–Crippen LogP) is 6.36. The van der Waals surface area contributed by atoms with Gasteiger partial charge in [-0.15, -0.1) is 0 Å². The molecule has 0 spiro atoms. The number of ether oxygens (including phenoxy) is 1. The first-order valence-electron chi connectivity index (χ1n) is 16.9. The summed E-state index contributed by atoms with van der Waals surface area (Å²) in [6.45, 7) is 9.85. The third kappa shape index (κ3) is 6.51. The van der Waals surface area contributed by atoms with Crippen molar-refractivity contribution in [1.82, 2.24) is 14.5 Å². The zero-order valence-electron chi connectivity index (χ0n) is 26.7. The van der Waals surface area contributed by atoms with Gasteiger partial charge < -0.3 is 19.1 Å². The van der Waals surface area contributed by atoms with Gasteiger partial charge in [-0.2, -0.15) is 5.26 Å². The molecule has 0 bridgehead atoms. The molecule has 3 atom stereocenters. The minimum absolute atomic E-state index is 0.103. The second-order valence-electron chi connectivity index (χ2n) is 13.3. The Hall–Kier alpha value is -3.70. The standard InChI is InChI=1S/C37H46FN5O2/c1-3-35-40-17-20-42(35)26-37(30-7-5-8-31(38)21-30,33-9-6-10-34(33)45-36(44)4-2)29-15-18-41(19-16-29)23-28-24-43(25-28)32-13-11-27(22-39)12-14-32/h5,7-8,11-14,17,20-21,28-29,33-34H,3-4,6,9-10,15-16,18-19,23-26H2,1-2H3/t33-,34-,37-/m0/s1. The first-order valence-corrected chi connectivity index (χ1v) is 16.9. The van der Waals surface area contributed by atoms with Gasteiger partial charge >= 0.3 is 5.97 Å². The molecule has 2 aliphatic heterocycles. The number of nitrogens with zero attached hydrogens (tertiary/aromatic N) is 5. The Balaban J connectivity index is 1.23. The number of imidazole rings is 1. The van der Waals surface area contributed by atoms with Crippen LogP contribution >= 0.6 is 0 Å². The Morgan fingerprint density at radius 3 is 2.56 bits per heavy atom. The Labute approximate surface area is 267 Å². The Morgan fingerprint density at radius 1 is 1.09 bits per heavy atom. The van der Waals surface area contributed by atoms with Crippen molar-refractivity contribution in [3.8, 4) is 6.07 Å². The van der Waals surface area contributed by atoms with Crippen LogP contribution in [0.25, 0.3) is 0 Å². The number of piperidine rings is 1. The molecule has 3 heterocycles. The monoisotopic (exact) mass is 611 g/mol. The highest BCUT2D eigenvalue weighted by molar-refractivity contribution is 5.69. The topological polar surface area (TPSA) is 74.4 Å². The molecule has 1 aliphatic carbocycles. The van der Waals surface area contributed by atoms with Gasteiger partial charge in [0.2, 0.25) is 0 Å². The van der Waals surface area contributed by atoms with Gasteiger partial charge in [0, 0.05) is 74.4 Å². The molecule has 0 unspecified atom stereocenters. The number of aryl methyl sites for hydroxylation is 1. The van der Waals surface area contributed by atoms with Crippen molar-refractivity contribution in [2.75, 3.05) is 37.6 Å². The summed E-state index contributed by atoms with van der Waals surface area (Å²) in [6.07, 6.45) is 9.81. The van der Waals surface area contributed by atoms with E-state index in [0.717, 1.165) is 82.6 Å². The summed E-state index contributed by atoms with van der Waals surface area (Å²) in [4.78, 5) is 22.3. The number of benzene rings is 2. The van der Waals surface area contributed by atoms with Crippen LogP contribution in [0.1, 0.15) is 69.3 Å². The highest BCUT2D eigenvalue weighted by Gasteiger charge is 2.53. The molecule has 238 valence electrons. The molecule has 3 aliphatic rings. The molecule has 45 heavy (non-hydrogen) atoms. The summed E-state index contributed by atoms with van der Waals surface area (Å²) in [5.41, 5.74) is 2.51. The van der Waals surface area contributed by atoms with Gasteiger partial charge in [0.05, 0.1) is 11.6 Å². The smallest absolute Gasteiger partial charge is 0.305 e. The van der Waals surface area contributed by atoms with E-state index in [1.54, 1.807) is 6.07 Å². The van der Waals surface area contributed by atoms with Crippen molar-refractivity contribution in [2.24, 2.45) is 17.8 Å². The fraction of sp³-hybridized carbons (Fsp3) is 0.541. The second kappa shape index (κ2) is 13.7. The molecule has 0 radical (unpaired) electrons. The number of carbonyl (C=O) groups is 1. The normalized spacial score (nSPS) is 22.5. The quantitative estimate of drug-likeness (QED) is 0.235. The van der Waals surface area contributed by atoms with Gasteiger partial charge in [-0.25, -0.2) is 9.37 Å². The summed E-state index contributed by atoms with van der Waals surface area (Å²) >= 11 is 0. The van der Waals surface area contributed by atoms with Gasteiger partial charge in [-0.1, -0.05) is 26.0 Å². The number of aromatic nitrogens is 2. The second-order valence-corrected chi connectivity index (χ2v) is 13.3. The van der Waals surface area contributed by atoms with Crippen LogP contribution < -0.4 is 4.90 Å². The summed E-state index contributed by atoms with van der Waals surface area (Å²) in [6, 6.07) is 17.3. The number of nitriles is 1. The maximum Gasteiger partial charge on any atom is 0.305 e. The maximum atomic E-state index is 15.0. The van der Waals surface area contributed by atoms with Crippen LogP contribution in [-0.4, -0.2) is 59.2 Å². The first-order chi connectivity index (χ1) is 21.9. The average Bonchev–Trinajstić information content (AvgIpc) is 3.71. The van der Waals surface area contributed by atoms with Crippen LogP contribution in [0.4, 0.5) is 10.1 Å². The third-order valence-electron chi connectivity index (χ3n) is 10.7. The first kappa shape index (κ1) is 31.3. The lowest BCUT2D eigenvalue weighted by molar-refractivity contribution is -0.152. The van der Waals surface area contributed by atoms with E-state index in [-0.39, 0.29) is 23.8 Å². The van der Waals surface area contributed by atoms with E-state index in [2.05, 4.69) is 44.6 Å². The molecule has 2 saturated heterocycles. The molecule has 0 N–H and O–H groups in total. The Kier molecular flexibility index (Phi) is 9.56. The number of carbonyl (C=O) groups excluding carboxylic acids is 1. The van der Waals surface area contributed by atoms with Crippen LogP contribution in [-0.2, 0) is 27.9 Å². The van der Waals surface area contributed by atoms with E-state index < -0.39 is 5.41 Å². The van der Waals surface area contributed by atoms with Crippen molar-refractivity contribution in [3.05, 3.63) is 83.7 Å². The third-order valence-corrected chi connectivity index (χ3v) is 10.7. The fourth-order valence-corrected chi connectivity index (χ4v) is 8.50.